The molecular formula is C29H37F2N5O4S. The Morgan fingerprint density at radius 2 is 1.68 bits per heavy atom. The molecule has 1 atom stereocenters. The van der Waals surface area contributed by atoms with Crippen molar-refractivity contribution in [2.45, 2.75) is 43.9 Å². The summed E-state index contributed by atoms with van der Waals surface area (Å²) in [5.41, 5.74) is 7.58. The van der Waals surface area contributed by atoms with Crippen LogP contribution in [-0.2, 0) is 25.3 Å². The number of unbranched alkanes of at least 4 members (excludes halogenated alkanes) is 1. The zero-order valence-corrected chi connectivity index (χ0v) is 23.8. The number of nitrogen functional groups attached to an aromatic ring is 1. The Labute approximate surface area is 239 Å². The van der Waals surface area contributed by atoms with E-state index in [1.807, 2.05) is 4.90 Å². The molecule has 9 nitrogen and oxygen atoms in total. The van der Waals surface area contributed by atoms with Gasteiger partial charge in [0.2, 0.25) is 15.8 Å². The van der Waals surface area contributed by atoms with E-state index in [1.165, 1.54) is 17.1 Å². The SMILES string of the molecule is Nc1ccc(CS(=O)(=O)N2CCN(/C(=C(\OCCCCC3CC3)C(=O)Nc3cc(F)cc(F)c3)C3CN3)CC2)cc1. The van der Waals surface area contributed by atoms with E-state index in [0.717, 1.165) is 43.4 Å². The first-order valence-electron chi connectivity index (χ1n) is 14.1. The van der Waals surface area contributed by atoms with E-state index in [1.54, 1.807) is 24.3 Å². The third-order valence-corrected chi connectivity index (χ3v) is 9.40. The maximum atomic E-state index is 13.8. The van der Waals surface area contributed by atoms with E-state index in [-0.39, 0.29) is 36.3 Å². The van der Waals surface area contributed by atoms with Crippen LogP contribution in [0, 0.1) is 17.6 Å². The maximum absolute atomic E-state index is 13.8. The molecule has 3 fully saturated rings. The minimum absolute atomic E-state index is 0.0102. The number of hydrogen-bond donors (Lipinski definition) is 3. The zero-order chi connectivity index (χ0) is 29.0. The number of rotatable bonds is 13. The molecule has 1 aliphatic carbocycles. The fraction of sp³-hybridized carbons (Fsp3) is 0.483. The molecule has 1 saturated carbocycles. The molecule has 12 heteroatoms. The van der Waals surface area contributed by atoms with Crippen LogP contribution in [-0.4, -0.2) is 68.9 Å². The van der Waals surface area contributed by atoms with Gasteiger partial charge in [-0.3, -0.25) is 4.79 Å². The minimum Gasteiger partial charge on any atom is -0.486 e. The van der Waals surface area contributed by atoms with Gasteiger partial charge in [-0.05, 0) is 48.6 Å². The number of sulfonamides is 1. The average molecular weight is 590 g/mol. The molecule has 5 rings (SSSR count). The van der Waals surface area contributed by atoms with Gasteiger partial charge < -0.3 is 26.0 Å². The monoisotopic (exact) mass is 589 g/mol. The molecule has 1 amide bonds. The molecular weight excluding hydrogens is 552 g/mol. The van der Waals surface area contributed by atoms with Crippen LogP contribution in [0.4, 0.5) is 20.2 Å². The van der Waals surface area contributed by atoms with E-state index in [4.69, 9.17) is 10.5 Å². The van der Waals surface area contributed by atoms with Gasteiger partial charge in [-0.25, -0.2) is 17.2 Å². The Balaban J connectivity index is 1.30. The second-order valence-electron chi connectivity index (χ2n) is 11.0. The molecule has 4 N–H and O–H groups in total. The highest BCUT2D eigenvalue weighted by Crippen LogP contribution is 2.34. The molecule has 0 radical (unpaired) electrons. The molecule has 2 aliphatic heterocycles. The highest BCUT2D eigenvalue weighted by Gasteiger charge is 2.38. The van der Waals surface area contributed by atoms with Gasteiger partial charge >= 0.3 is 0 Å². The number of anilines is 2. The smallest absolute Gasteiger partial charge is 0.292 e. The normalized spacial score (nSPS) is 20.0. The van der Waals surface area contributed by atoms with Crippen molar-refractivity contribution in [3.05, 3.63) is 71.1 Å². The Hall–Kier alpha value is -3.22. The van der Waals surface area contributed by atoms with Crippen LogP contribution >= 0.6 is 0 Å². The topological polar surface area (TPSA) is 127 Å². The van der Waals surface area contributed by atoms with Crippen LogP contribution < -0.4 is 16.4 Å². The summed E-state index contributed by atoms with van der Waals surface area (Å²) >= 11 is 0. The Morgan fingerprint density at radius 3 is 2.29 bits per heavy atom. The van der Waals surface area contributed by atoms with Crippen LogP contribution in [0.25, 0.3) is 0 Å². The first-order valence-corrected chi connectivity index (χ1v) is 15.7. The number of carbonyl (C=O) groups is 1. The molecule has 1 unspecified atom stereocenters. The van der Waals surface area contributed by atoms with Crippen LogP contribution in [0.3, 0.4) is 0 Å². The van der Waals surface area contributed by atoms with Crippen molar-refractivity contribution in [2.75, 3.05) is 50.4 Å². The molecule has 2 aromatic rings. The van der Waals surface area contributed by atoms with Gasteiger partial charge in [0.25, 0.3) is 5.91 Å². The summed E-state index contributed by atoms with van der Waals surface area (Å²) in [5, 5.41) is 5.82. The molecule has 222 valence electrons. The number of nitrogens with zero attached hydrogens (tertiary/aromatic N) is 2. The lowest BCUT2D eigenvalue weighted by Gasteiger charge is -2.37. The first kappa shape index (κ1) is 29.3. The molecule has 41 heavy (non-hydrogen) atoms. The highest BCUT2D eigenvalue weighted by atomic mass is 32.2. The molecule has 0 aromatic heterocycles. The van der Waals surface area contributed by atoms with E-state index in [9.17, 15) is 22.0 Å². The number of hydrogen-bond acceptors (Lipinski definition) is 7. The summed E-state index contributed by atoms with van der Waals surface area (Å²) in [6, 6.07) is 9.48. The van der Waals surface area contributed by atoms with Crippen LogP contribution in [0.5, 0.6) is 0 Å². The van der Waals surface area contributed by atoms with Crippen molar-refractivity contribution < 1.29 is 26.7 Å². The van der Waals surface area contributed by atoms with Gasteiger partial charge in [0.15, 0.2) is 0 Å². The Bertz CT molecular complexity index is 1350. The standard InChI is InChI=1S/C29H37F2N5O4S/c30-22-15-23(31)17-25(16-22)34-29(37)28(40-14-2-1-3-20-4-5-20)27(26-18-33-26)35-10-12-36(13-11-35)41(38,39)19-21-6-8-24(32)9-7-21/h6-9,15-17,20,26,33H,1-5,10-14,18-19,32H2,(H,34,37)/b28-27-. The van der Waals surface area contributed by atoms with Crippen LogP contribution in [0.15, 0.2) is 53.9 Å². The fourth-order valence-corrected chi connectivity index (χ4v) is 6.60. The van der Waals surface area contributed by atoms with Gasteiger partial charge in [0.1, 0.15) is 11.6 Å². The summed E-state index contributed by atoms with van der Waals surface area (Å²) in [6.45, 7) is 2.20. The number of ether oxygens (including phenoxy) is 1. The van der Waals surface area contributed by atoms with Gasteiger partial charge in [-0.15, -0.1) is 0 Å². The number of halogens is 2. The second kappa shape index (κ2) is 12.7. The summed E-state index contributed by atoms with van der Waals surface area (Å²) in [7, 11) is -3.56. The number of carbonyl (C=O) groups excluding carboxylic acids is 1. The van der Waals surface area contributed by atoms with Crippen molar-refractivity contribution in [3.8, 4) is 0 Å². The van der Waals surface area contributed by atoms with E-state index in [0.29, 0.717) is 43.2 Å². The Morgan fingerprint density at radius 1 is 1.02 bits per heavy atom. The van der Waals surface area contributed by atoms with E-state index < -0.39 is 27.6 Å². The maximum Gasteiger partial charge on any atom is 0.292 e. The number of piperazine rings is 1. The quantitative estimate of drug-likeness (QED) is 0.107. The Kier molecular flexibility index (Phi) is 9.10. The summed E-state index contributed by atoms with van der Waals surface area (Å²) in [6.07, 6.45) is 5.47. The third kappa shape index (κ3) is 8.17. The van der Waals surface area contributed by atoms with Gasteiger partial charge in [-0.2, -0.15) is 4.31 Å². The lowest BCUT2D eigenvalue weighted by molar-refractivity contribution is -0.116. The fourth-order valence-electron chi connectivity index (χ4n) is 5.08. The van der Waals surface area contributed by atoms with E-state index >= 15 is 0 Å². The summed E-state index contributed by atoms with van der Waals surface area (Å²) < 4.78 is 61.4. The third-order valence-electron chi connectivity index (χ3n) is 7.55. The van der Waals surface area contributed by atoms with Crippen molar-refractivity contribution >= 4 is 27.3 Å². The van der Waals surface area contributed by atoms with Gasteiger partial charge in [-0.1, -0.05) is 31.4 Å². The number of amides is 1. The molecule has 2 aromatic carbocycles. The van der Waals surface area contributed by atoms with Gasteiger partial charge in [0.05, 0.1) is 24.1 Å². The van der Waals surface area contributed by atoms with Crippen molar-refractivity contribution in [1.82, 2.24) is 14.5 Å². The number of nitrogens with one attached hydrogen (secondary N) is 2. The average Bonchev–Trinajstić information content (AvgIpc) is 3.84. The minimum atomic E-state index is -3.56. The lowest BCUT2D eigenvalue weighted by atomic mass is 10.2. The number of nitrogens with two attached hydrogens (primary N) is 1. The first-order chi connectivity index (χ1) is 19.7. The predicted octanol–water partition coefficient (Wildman–Crippen LogP) is 3.41. The second-order valence-corrected chi connectivity index (χ2v) is 12.9. The molecule has 2 heterocycles. The molecule has 2 saturated heterocycles. The summed E-state index contributed by atoms with van der Waals surface area (Å²) in [5.74, 6) is -1.43. The van der Waals surface area contributed by atoms with Crippen molar-refractivity contribution in [3.63, 3.8) is 0 Å². The number of benzene rings is 2. The zero-order valence-electron chi connectivity index (χ0n) is 23.0. The largest absolute Gasteiger partial charge is 0.486 e. The van der Waals surface area contributed by atoms with Crippen LogP contribution in [0.1, 0.15) is 37.7 Å². The van der Waals surface area contributed by atoms with Gasteiger partial charge in [0, 0.05) is 50.2 Å². The molecule has 0 bridgehead atoms. The van der Waals surface area contributed by atoms with Crippen LogP contribution in [0.2, 0.25) is 0 Å². The lowest BCUT2D eigenvalue weighted by Crippen LogP contribution is -2.49. The predicted molar refractivity (Wildman–Crippen MR) is 153 cm³/mol. The van der Waals surface area contributed by atoms with Crippen molar-refractivity contribution in [2.24, 2.45) is 5.92 Å². The highest BCUT2D eigenvalue weighted by molar-refractivity contribution is 7.88. The summed E-state index contributed by atoms with van der Waals surface area (Å²) in [4.78, 5) is 15.5. The molecule has 0 spiro atoms. The van der Waals surface area contributed by atoms with E-state index in [2.05, 4.69) is 10.6 Å². The molecule has 3 aliphatic rings. The van der Waals surface area contributed by atoms with Crippen molar-refractivity contribution in [1.29, 1.82) is 0 Å².